The van der Waals surface area contributed by atoms with Gasteiger partial charge >= 0.3 is 5.97 Å². The Kier molecular flexibility index (Phi) is 4.90. The molecule has 0 atom stereocenters. The quantitative estimate of drug-likeness (QED) is 0.317. The molecule has 10 nitrogen and oxygen atoms in total. The molecule has 1 aromatic carbocycles. The number of rotatable bonds is 6. The molecule has 0 aliphatic heterocycles. The molecule has 0 unspecified atom stereocenters. The van der Waals surface area contributed by atoms with Crippen molar-refractivity contribution in [3.8, 4) is 11.5 Å². The van der Waals surface area contributed by atoms with Crippen LogP contribution in [0.15, 0.2) is 33.6 Å². The molecule has 12 heteroatoms. The Morgan fingerprint density at radius 2 is 2.04 bits per heavy atom. The molecular formula is C12H11N3O7S2. The highest BCUT2D eigenvalue weighted by atomic mass is 32.2. The number of carbonyl (C=O) groups is 1. The van der Waals surface area contributed by atoms with Crippen molar-refractivity contribution in [2.75, 3.05) is 11.7 Å². The maximum Gasteiger partial charge on any atom is 0.360 e. The van der Waals surface area contributed by atoms with E-state index in [-0.39, 0.29) is 15.7 Å². The van der Waals surface area contributed by atoms with Gasteiger partial charge in [-0.05, 0) is 12.1 Å². The summed E-state index contributed by atoms with van der Waals surface area (Å²) in [5.41, 5.74) is 4.73. The second-order valence-corrected chi connectivity index (χ2v) is 7.15. The number of thiazole rings is 1. The SMILES string of the molecule is Nc1nc(/C(=N/OCS(=O)(=O)c2ccc(O)c(O)c2)C(=O)O)cs1. The van der Waals surface area contributed by atoms with E-state index < -0.39 is 39.0 Å². The number of nitrogen functional groups attached to an aromatic ring is 1. The number of anilines is 1. The van der Waals surface area contributed by atoms with E-state index in [2.05, 4.69) is 15.0 Å². The van der Waals surface area contributed by atoms with Gasteiger partial charge in [-0.15, -0.1) is 11.3 Å². The molecule has 1 heterocycles. The topological polar surface area (TPSA) is 172 Å². The largest absolute Gasteiger partial charge is 0.504 e. The van der Waals surface area contributed by atoms with Crippen LogP contribution in [-0.2, 0) is 19.5 Å². The molecule has 0 spiro atoms. The molecule has 0 fully saturated rings. The van der Waals surface area contributed by atoms with Gasteiger partial charge in [0.2, 0.25) is 21.5 Å². The molecule has 2 aromatic rings. The molecule has 24 heavy (non-hydrogen) atoms. The van der Waals surface area contributed by atoms with E-state index in [1.807, 2.05) is 0 Å². The fraction of sp³-hybridized carbons (Fsp3) is 0.0833. The maximum atomic E-state index is 12.0. The van der Waals surface area contributed by atoms with Crippen LogP contribution in [0.2, 0.25) is 0 Å². The summed E-state index contributed by atoms with van der Waals surface area (Å²) >= 11 is 0.986. The van der Waals surface area contributed by atoms with E-state index in [4.69, 9.17) is 15.9 Å². The van der Waals surface area contributed by atoms with Gasteiger partial charge < -0.3 is 25.9 Å². The molecule has 128 valence electrons. The second-order valence-electron chi connectivity index (χ2n) is 4.33. The Morgan fingerprint density at radius 1 is 1.33 bits per heavy atom. The smallest absolute Gasteiger partial charge is 0.360 e. The lowest BCUT2D eigenvalue weighted by Crippen LogP contribution is -2.17. The van der Waals surface area contributed by atoms with Crippen molar-refractivity contribution in [2.24, 2.45) is 5.16 Å². The first-order chi connectivity index (χ1) is 11.2. The zero-order valence-corrected chi connectivity index (χ0v) is 13.4. The zero-order chi connectivity index (χ0) is 17.9. The molecule has 0 saturated carbocycles. The summed E-state index contributed by atoms with van der Waals surface area (Å²) in [6, 6.07) is 2.87. The third-order valence-electron chi connectivity index (χ3n) is 2.64. The van der Waals surface area contributed by atoms with Gasteiger partial charge in [-0.2, -0.15) is 0 Å². The number of benzene rings is 1. The minimum Gasteiger partial charge on any atom is -0.504 e. The van der Waals surface area contributed by atoms with Gasteiger partial charge in [0, 0.05) is 11.4 Å². The van der Waals surface area contributed by atoms with Crippen LogP contribution in [0, 0.1) is 0 Å². The van der Waals surface area contributed by atoms with Crippen LogP contribution < -0.4 is 5.73 Å². The minimum absolute atomic E-state index is 0.0651. The molecule has 2 rings (SSSR count). The first-order valence-corrected chi connectivity index (χ1v) is 8.63. The Balaban J connectivity index is 2.18. The van der Waals surface area contributed by atoms with Crippen LogP contribution in [-0.4, -0.2) is 46.3 Å². The lowest BCUT2D eigenvalue weighted by atomic mass is 10.3. The van der Waals surface area contributed by atoms with Crippen molar-refractivity contribution in [1.82, 2.24) is 4.98 Å². The predicted octanol–water partition coefficient (Wildman–Crippen LogP) is 0.373. The molecule has 0 aliphatic carbocycles. The highest BCUT2D eigenvalue weighted by Gasteiger charge is 2.20. The van der Waals surface area contributed by atoms with Crippen LogP contribution in [0.4, 0.5) is 5.13 Å². The molecule has 0 aliphatic rings. The second kappa shape index (κ2) is 6.72. The number of aromatic hydroxyl groups is 2. The van der Waals surface area contributed by atoms with E-state index in [0.717, 1.165) is 29.5 Å². The van der Waals surface area contributed by atoms with Crippen LogP contribution in [0.5, 0.6) is 11.5 Å². The number of sulfone groups is 1. The molecule has 0 saturated heterocycles. The monoisotopic (exact) mass is 373 g/mol. The maximum absolute atomic E-state index is 12.0. The van der Waals surface area contributed by atoms with Crippen LogP contribution >= 0.6 is 11.3 Å². The van der Waals surface area contributed by atoms with E-state index in [1.165, 1.54) is 5.38 Å². The number of nitrogens with two attached hydrogens (primary N) is 1. The summed E-state index contributed by atoms with van der Waals surface area (Å²) in [6.45, 7) is 0. The number of phenolic OH excluding ortho intramolecular Hbond substituents is 2. The van der Waals surface area contributed by atoms with Crippen LogP contribution in [0.1, 0.15) is 5.69 Å². The van der Waals surface area contributed by atoms with E-state index in [1.54, 1.807) is 0 Å². The average molecular weight is 373 g/mol. The number of hydrogen-bond donors (Lipinski definition) is 4. The summed E-state index contributed by atoms with van der Waals surface area (Å²) in [4.78, 5) is 19.1. The third kappa shape index (κ3) is 3.91. The van der Waals surface area contributed by atoms with Crippen molar-refractivity contribution in [2.45, 2.75) is 4.90 Å². The van der Waals surface area contributed by atoms with Gasteiger partial charge in [0.1, 0.15) is 5.69 Å². The van der Waals surface area contributed by atoms with Crippen molar-refractivity contribution < 1.29 is 33.4 Å². The third-order valence-corrected chi connectivity index (χ3v) is 4.70. The van der Waals surface area contributed by atoms with Gasteiger partial charge in [0.05, 0.1) is 4.90 Å². The van der Waals surface area contributed by atoms with E-state index >= 15 is 0 Å². The highest BCUT2D eigenvalue weighted by molar-refractivity contribution is 7.91. The number of phenols is 2. The zero-order valence-electron chi connectivity index (χ0n) is 11.8. The first kappa shape index (κ1) is 17.5. The van der Waals surface area contributed by atoms with Crippen LogP contribution in [0.3, 0.4) is 0 Å². The summed E-state index contributed by atoms with van der Waals surface area (Å²) in [5, 5.41) is 32.3. The van der Waals surface area contributed by atoms with Gasteiger partial charge in [-0.3, -0.25) is 0 Å². The van der Waals surface area contributed by atoms with E-state index in [0.29, 0.717) is 0 Å². The minimum atomic E-state index is -4.03. The van der Waals surface area contributed by atoms with Gasteiger partial charge in [-0.25, -0.2) is 18.2 Å². The normalized spacial score (nSPS) is 12.1. The summed E-state index contributed by atoms with van der Waals surface area (Å²) < 4.78 is 24.0. The number of carboxylic acids is 1. The number of oxime groups is 1. The lowest BCUT2D eigenvalue weighted by molar-refractivity contribution is -0.129. The molecular weight excluding hydrogens is 362 g/mol. The van der Waals surface area contributed by atoms with E-state index in [9.17, 15) is 18.3 Å². The number of carboxylic acid groups (broad SMARTS) is 1. The Bertz CT molecular complexity index is 905. The fourth-order valence-electron chi connectivity index (χ4n) is 1.52. The highest BCUT2D eigenvalue weighted by Crippen LogP contribution is 2.27. The average Bonchev–Trinajstić information content (AvgIpc) is 2.92. The molecule has 5 N–H and O–H groups in total. The van der Waals surface area contributed by atoms with Crippen molar-refractivity contribution in [1.29, 1.82) is 0 Å². The Hall–Kier alpha value is -2.86. The Morgan fingerprint density at radius 3 is 2.58 bits per heavy atom. The lowest BCUT2D eigenvalue weighted by Gasteiger charge is -2.05. The molecule has 0 amide bonds. The summed E-state index contributed by atoms with van der Waals surface area (Å²) in [5.74, 6) is -3.56. The van der Waals surface area contributed by atoms with Gasteiger partial charge in [0.25, 0.3) is 0 Å². The van der Waals surface area contributed by atoms with Gasteiger partial charge in [-0.1, -0.05) is 5.16 Å². The van der Waals surface area contributed by atoms with Crippen molar-refractivity contribution in [3.05, 3.63) is 29.3 Å². The number of nitrogens with zero attached hydrogens (tertiary/aromatic N) is 2. The van der Waals surface area contributed by atoms with Crippen LogP contribution in [0.25, 0.3) is 0 Å². The molecule has 0 radical (unpaired) electrons. The van der Waals surface area contributed by atoms with Crippen molar-refractivity contribution in [3.63, 3.8) is 0 Å². The number of hydrogen-bond acceptors (Lipinski definition) is 10. The summed E-state index contributed by atoms with van der Waals surface area (Å²) in [6.07, 6.45) is 0. The van der Waals surface area contributed by atoms with Crippen molar-refractivity contribution >= 4 is 38.0 Å². The first-order valence-electron chi connectivity index (χ1n) is 6.10. The predicted molar refractivity (Wildman–Crippen MR) is 83.6 cm³/mol. The van der Waals surface area contributed by atoms with Gasteiger partial charge in [0.15, 0.2) is 16.6 Å². The standard InChI is InChI=1S/C12H11N3O7S2/c13-12-14-7(4-23-12)10(11(18)19)15-22-5-24(20,21)6-1-2-8(16)9(17)3-6/h1-4,16-17H,5H2,(H2,13,14)(H,18,19)/b15-10-. The number of aromatic nitrogens is 1. The fourth-order valence-corrected chi connectivity index (χ4v) is 2.96. The molecule has 0 bridgehead atoms. The summed E-state index contributed by atoms with van der Waals surface area (Å²) in [7, 11) is -4.03. The Labute approximate surface area is 139 Å². The number of aliphatic carboxylic acids is 1. The molecule has 1 aromatic heterocycles.